The summed E-state index contributed by atoms with van der Waals surface area (Å²) in [5.74, 6) is -0.332. The Hall–Kier alpha value is -3.45. The number of hydrogen-bond donors (Lipinski definition) is 2. The molecule has 1 aromatic heterocycles. The molecule has 0 bridgehead atoms. The highest BCUT2D eigenvalue weighted by molar-refractivity contribution is 6.01. The van der Waals surface area contributed by atoms with Gasteiger partial charge in [0.05, 0.1) is 12.2 Å². The van der Waals surface area contributed by atoms with Crippen LogP contribution in [0.25, 0.3) is 10.8 Å². The summed E-state index contributed by atoms with van der Waals surface area (Å²) in [6.45, 7) is 0.285. The number of rotatable bonds is 3. The van der Waals surface area contributed by atoms with Crippen LogP contribution in [0.2, 0.25) is 0 Å². The number of pyridine rings is 1. The Morgan fingerprint density at radius 3 is 2.92 bits per heavy atom. The molecule has 3 aromatic rings. The van der Waals surface area contributed by atoms with Gasteiger partial charge in [-0.1, -0.05) is 12.1 Å². The summed E-state index contributed by atoms with van der Waals surface area (Å²) in [4.78, 5) is 29.8. The average molecular weight is 349 g/mol. The van der Waals surface area contributed by atoms with Gasteiger partial charge >= 0.3 is 0 Å². The Morgan fingerprint density at radius 1 is 1.19 bits per heavy atom. The maximum absolute atomic E-state index is 12.4. The quantitative estimate of drug-likeness (QED) is 0.559. The molecular formula is C19H15N3O4. The fourth-order valence-electron chi connectivity index (χ4n) is 2.99. The first kappa shape index (κ1) is 16.0. The third kappa shape index (κ3) is 2.84. The summed E-state index contributed by atoms with van der Waals surface area (Å²) in [5.41, 5.74) is 3.27. The van der Waals surface area contributed by atoms with Gasteiger partial charge in [-0.15, -0.1) is 0 Å². The van der Waals surface area contributed by atoms with E-state index in [0.29, 0.717) is 18.0 Å². The zero-order valence-corrected chi connectivity index (χ0v) is 13.7. The molecule has 26 heavy (non-hydrogen) atoms. The van der Waals surface area contributed by atoms with E-state index in [1.165, 1.54) is 12.1 Å². The molecule has 0 atom stereocenters. The molecule has 1 aliphatic rings. The van der Waals surface area contributed by atoms with Gasteiger partial charge in [-0.3, -0.25) is 19.8 Å². The Morgan fingerprint density at radius 2 is 2.08 bits per heavy atom. The van der Waals surface area contributed by atoms with Crippen LogP contribution in [0.5, 0.6) is 5.75 Å². The highest BCUT2D eigenvalue weighted by Crippen LogP contribution is 2.34. The molecular weight excluding hydrogens is 334 g/mol. The van der Waals surface area contributed by atoms with Crippen LogP contribution in [0.3, 0.4) is 0 Å². The smallest absolute Gasteiger partial charge is 0.274 e. The summed E-state index contributed by atoms with van der Waals surface area (Å²) < 4.78 is 5.45. The van der Waals surface area contributed by atoms with E-state index in [2.05, 4.69) is 4.98 Å². The van der Waals surface area contributed by atoms with Gasteiger partial charge in [0.1, 0.15) is 5.75 Å². The number of nitrogens with zero attached hydrogens (tertiary/aromatic N) is 2. The van der Waals surface area contributed by atoms with E-state index in [1.807, 2.05) is 24.3 Å². The van der Waals surface area contributed by atoms with Crippen molar-refractivity contribution in [1.29, 1.82) is 0 Å². The van der Waals surface area contributed by atoms with Crippen molar-refractivity contribution in [3.8, 4) is 5.75 Å². The molecule has 0 radical (unpaired) electrons. The second-order valence-corrected chi connectivity index (χ2v) is 5.95. The Bertz CT molecular complexity index is 1020. The molecule has 0 fully saturated rings. The van der Waals surface area contributed by atoms with Crippen LogP contribution in [0.4, 0.5) is 5.69 Å². The van der Waals surface area contributed by atoms with Crippen molar-refractivity contribution < 1.29 is 19.5 Å². The van der Waals surface area contributed by atoms with Gasteiger partial charge in [-0.25, -0.2) is 5.48 Å². The lowest BCUT2D eigenvalue weighted by molar-refractivity contribution is -0.121. The van der Waals surface area contributed by atoms with Crippen LogP contribution in [0, 0.1) is 0 Å². The minimum absolute atomic E-state index is 0.0595. The number of carbonyl (C=O) groups is 2. The molecule has 0 aliphatic carbocycles. The van der Waals surface area contributed by atoms with Crippen molar-refractivity contribution in [2.45, 2.75) is 6.54 Å². The molecule has 7 heteroatoms. The molecule has 7 nitrogen and oxygen atoms in total. The number of ether oxygens (including phenoxy) is 1. The van der Waals surface area contributed by atoms with Crippen LogP contribution in [0.15, 0.2) is 54.9 Å². The molecule has 0 unspecified atom stereocenters. The van der Waals surface area contributed by atoms with Gasteiger partial charge in [-0.2, -0.15) is 0 Å². The van der Waals surface area contributed by atoms with E-state index in [-0.39, 0.29) is 18.1 Å². The lowest BCUT2D eigenvalue weighted by Gasteiger charge is -2.30. The number of nitrogens with one attached hydrogen (secondary N) is 1. The van der Waals surface area contributed by atoms with Crippen LogP contribution >= 0.6 is 0 Å². The van der Waals surface area contributed by atoms with E-state index < -0.39 is 5.91 Å². The van der Waals surface area contributed by atoms with Gasteiger partial charge in [0.2, 0.25) is 0 Å². The maximum Gasteiger partial charge on any atom is 0.274 e. The number of benzene rings is 2. The number of hydrogen-bond acceptors (Lipinski definition) is 5. The van der Waals surface area contributed by atoms with E-state index in [1.54, 1.807) is 28.8 Å². The van der Waals surface area contributed by atoms with Crippen LogP contribution < -0.4 is 15.1 Å². The van der Waals surface area contributed by atoms with Crippen molar-refractivity contribution in [1.82, 2.24) is 10.5 Å². The van der Waals surface area contributed by atoms with Gasteiger partial charge in [0, 0.05) is 23.3 Å². The predicted octanol–water partition coefficient (Wildman–Crippen LogP) is 2.28. The number of fused-ring (bicyclic) bond motifs is 2. The number of hydroxylamine groups is 1. The number of aromatic nitrogens is 1. The molecule has 4 rings (SSSR count). The minimum atomic E-state index is -0.649. The first-order chi connectivity index (χ1) is 12.7. The van der Waals surface area contributed by atoms with Crippen LogP contribution in [-0.2, 0) is 11.3 Å². The lowest BCUT2D eigenvalue weighted by Crippen LogP contribution is -2.38. The monoisotopic (exact) mass is 349 g/mol. The Balaban J connectivity index is 1.71. The highest BCUT2D eigenvalue weighted by Gasteiger charge is 2.26. The predicted molar refractivity (Wildman–Crippen MR) is 94.1 cm³/mol. The molecule has 2 heterocycles. The van der Waals surface area contributed by atoms with Gasteiger partial charge in [0.25, 0.3) is 11.8 Å². The van der Waals surface area contributed by atoms with E-state index >= 15 is 0 Å². The third-order valence-corrected chi connectivity index (χ3v) is 4.31. The first-order valence-corrected chi connectivity index (χ1v) is 8.00. The molecule has 0 spiro atoms. The summed E-state index contributed by atoms with van der Waals surface area (Å²) in [6.07, 6.45) is 3.51. The molecule has 1 aliphatic heterocycles. The summed E-state index contributed by atoms with van der Waals surface area (Å²) in [5, 5.41) is 10.9. The lowest BCUT2D eigenvalue weighted by atomic mass is 10.1. The molecule has 130 valence electrons. The minimum Gasteiger partial charge on any atom is -0.482 e. The SMILES string of the molecule is O=C(NO)c1ccc2c(c1)N(Cc1ccc3cnccc3c1)C(=O)CO2. The van der Waals surface area contributed by atoms with E-state index in [0.717, 1.165) is 16.3 Å². The zero-order chi connectivity index (χ0) is 18.1. The average Bonchev–Trinajstić information content (AvgIpc) is 2.69. The summed E-state index contributed by atoms with van der Waals surface area (Å²) in [6, 6.07) is 12.5. The second-order valence-electron chi connectivity index (χ2n) is 5.95. The van der Waals surface area contributed by atoms with Gasteiger partial charge in [-0.05, 0) is 41.3 Å². The summed E-state index contributed by atoms with van der Waals surface area (Å²) >= 11 is 0. The van der Waals surface area contributed by atoms with Gasteiger partial charge in [0.15, 0.2) is 6.61 Å². The third-order valence-electron chi connectivity index (χ3n) is 4.31. The van der Waals surface area contributed by atoms with E-state index in [9.17, 15) is 9.59 Å². The van der Waals surface area contributed by atoms with Crippen LogP contribution in [-0.4, -0.2) is 28.6 Å². The highest BCUT2D eigenvalue weighted by atomic mass is 16.5. The Kier molecular flexibility index (Phi) is 3.98. The van der Waals surface area contributed by atoms with Crippen LogP contribution in [0.1, 0.15) is 15.9 Å². The fraction of sp³-hybridized carbons (Fsp3) is 0.105. The van der Waals surface area contributed by atoms with Crippen molar-refractivity contribution in [2.75, 3.05) is 11.5 Å². The number of anilines is 1. The second kappa shape index (κ2) is 6.45. The van der Waals surface area contributed by atoms with Crippen molar-refractivity contribution in [3.63, 3.8) is 0 Å². The van der Waals surface area contributed by atoms with Gasteiger partial charge < -0.3 is 9.64 Å². The molecule has 0 saturated carbocycles. The molecule has 2 aromatic carbocycles. The number of carbonyl (C=O) groups excluding carboxylic acids is 2. The summed E-state index contributed by atoms with van der Waals surface area (Å²) in [7, 11) is 0. The fourth-order valence-corrected chi connectivity index (χ4v) is 2.99. The first-order valence-electron chi connectivity index (χ1n) is 8.00. The van der Waals surface area contributed by atoms with E-state index in [4.69, 9.17) is 9.94 Å². The number of amides is 2. The zero-order valence-electron chi connectivity index (χ0n) is 13.7. The normalized spacial score (nSPS) is 13.3. The standard InChI is InChI=1S/C19H15N3O4/c23-18-11-26-17-4-3-14(19(24)21-25)8-16(17)22(18)10-12-1-2-15-9-20-6-5-13(15)7-12/h1-9,25H,10-11H2,(H,21,24). The molecule has 2 amide bonds. The van der Waals surface area contributed by atoms with Crippen molar-refractivity contribution in [3.05, 3.63) is 66.0 Å². The van der Waals surface area contributed by atoms with Crippen molar-refractivity contribution >= 4 is 28.3 Å². The Labute approximate surface area is 148 Å². The molecule has 2 N–H and O–H groups in total. The maximum atomic E-state index is 12.4. The topological polar surface area (TPSA) is 91.8 Å². The van der Waals surface area contributed by atoms with Crippen molar-refractivity contribution in [2.24, 2.45) is 0 Å². The largest absolute Gasteiger partial charge is 0.482 e. The molecule has 0 saturated heterocycles.